The molecule has 6 heteroatoms. The Bertz CT molecular complexity index is 1040. The van der Waals surface area contributed by atoms with Crippen molar-refractivity contribution in [1.29, 1.82) is 0 Å². The summed E-state index contributed by atoms with van der Waals surface area (Å²) < 4.78 is 1.05. The van der Waals surface area contributed by atoms with Crippen LogP contribution in [0.2, 0.25) is 5.02 Å². The number of anilines is 1. The third kappa shape index (κ3) is 4.57. The minimum Gasteiger partial charge on any atom is -0.406 e. The number of amides is 1. The van der Waals surface area contributed by atoms with Crippen LogP contribution in [0, 0.1) is 13.8 Å². The van der Waals surface area contributed by atoms with E-state index in [1.165, 1.54) is 12.3 Å². The number of aromatic nitrogens is 1. The molecule has 2 aromatic carbocycles. The van der Waals surface area contributed by atoms with Gasteiger partial charge >= 0.3 is 0 Å². The summed E-state index contributed by atoms with van der Waals surface area (Å²) in [6.45, 7) is 3.99. The van der Waals surface area contributed by atoms with Crippen LogP contribution in [0.1, 0.15) is 27.0 Å². The number of carbonyl (C=O) groups excluding carboxylic acids is 1. The topological polar surface area (TPSA) is 60.3 Å². The lowest BCUT2D eigenvalue weighted by atomic mass is 10.1. The van der Waals surface area contributed by atoms with Gasteiger partial charge in [-0.3, -0.25) is 9.59 Å². The number of rotatable bonds is 5. The lowest BCUT2D eigenvalue weighted by Gasteiger charge is -2.12. The van der Waals surface area contributed by atoms with E-state index in [1.807, 2.05) is 38.1 Å². The molecule has 0 saturated heterocycles. The maximum absolute atomic E-state index is 12.6. The van der Waals surface area contributed by atoms with Crippen molar-refractivity contribution < 1.29 is 9.63 Å². The maximum Gasteiger partial charge on any atom is 0.295 e. The summed E-state index contributed by atoms with van der Waals surface area (Å²) in [7, 11) is 0. The fourth-order valence-corrected chi connectivity index (χ4v) is 2.79. The Morgan fingerprint density at radius 2 is 1.93 bits per heavy atom. The minimum atomic E-state index is -0.526. The van der Waals surface area contributed by atoms with Crippen LogP contribution in [0.5, 0.6) is 0 Å². The fourth-order valence-electron chi connectivity index (χ4n) is 2.58. The summed E-state index contributed by atoms with van der Waals surface area (Å²) >= 11 is 5.95. The van der Waals surface area contributed by atoms with Crippen molar-refractivity contribution in [3.8, 4) is 0 Å². The summed E-state index contributed by atoms with van der Waals surface area (Å²) in [5, 5.41) is 3.38. The van der Waals surface area contributed by atoms with Crippen LogP contribution in [-0.4, -0.2) is 10.6 Å². The number of aryl methyl sites for hydroxylation is 2. The third-order valence-corrected chi connectivity index (χ3v) is 4.30. The molecular formula is C21H19ClN2O3. The van der Waals surface area contributed by atoms with E-state index >= 15 is 0 Å². The van der Waals surface area contributed by atoms with Crippen molar-refractivity contribution in [3.05, 3.63) is 98.4 Å². The molecule has 5 nitrogen and oxygen atoms in total. The second kappa shape index (κ2) is 8.10. The highest BCUT2D eigenvalue weighted by Crippen LogP contribution is 2.17. The molecule has 0 saturated carbocycles. The van der Waals surface area contributed by atoms with E-state index in [0.717, 1.165) is 21.4 Å². The highest BCUT2D eigenvalue weighted by atomic mass is 35.5. The van der Waals surface area contributed by atoms with Gasteiger partial charge in [0.2, 0.25) is 0 Å². The zero-order chi connectivity index (χ0) is 19.4. The van der Waals surface area contributed by atoms with Crippen molar-refractivity contribution >= 4 is 23.2 Å². The number of benzene rings is 2. The number of halogens is 1. The Balaban J connectivity index is 1.78. The van der Waals surface area contributed by atoms with E-state index in [9.17, 15) is 9.59 Å². The van der Waals surface area contributed by atoms with Crippen molar-refractivity contribution in [2.45, 2.75) is 20.5 Å². The predicted octanol–water partition coefficient (Wildman–Crippen LogP) is 4.00. The van der Waals surface area contributed by atoms with Gasteiger partial charge in [0.05, 0.1) is 0 Å². The van der Waals surface area contributed by atoms with Crippen LogP contribution in [0.4, 0.5) is 5.69 Å². The molecule has 0 aliphatic heterocycles. The first-order chi connectivity index (χ1) is 12.9. The van der Waals surface area contributed by atoms with Crippen molar-refractivity contribution in [1.82, 2.24) is 4.73 Å². The summed E-state index contributed by atoms with van der Waals surface area (Å²) in [5.74, 6) is -0.477. The highest BCUT2D eigenvalue weighted by Gasteiger charge is 2.14. The Hall–Kier alpha value is -3.05. The summed E-state index contributed by atoms with van der Waals surface area (Å²) in [5.41, 5.74) is 2.91. The molecule has 1 N–H and O–H groups in total. The van der Waals surface area contributed by atoms with Crippen LogP contribution in [0.15, 0.2) is 65.6 Å². The molecule has 0 atom stereocenters. The van der Waals surface area contributed by atoms with E-state index in [1.54, 1.807) is 24.3 Å². The lowest BCUT2D eigenvalue weighted by molar-refractivity contribution is 0.0863. The predicted molar refractivity (Wildman–Crippen MR) is 106 cm³/mol. The van der Waals surface area contributed by atoms with E-state index < -0.39 is 11.5 Å². The summed E-state index contributed by atoms with van der Waals surface area (Å²) in [4.78, 5) is 30.7. The fraction of sp³-hybridized carbons (Fsp3) is 0.143. The largest absolute Gasteiger partial charge is 0.406 e. The van der Waals surface area contributed by atoms with Crippen LogP contribution in [0.3, 0.4) is 0 Å². The molecule has 1 heterocycles. The van der Waals surface area contributed by atoms with Gasteiger partial charge in [-0.05, 0) is 60.9 Å². The Morgan fingerprint density at radius 1 is 1.11 bits per heavy atom. The quantitative estimate of drug-likeness (QED) is 0.725. The Labute approximate surface area is 162 Å². The van der Waals surface area contributed by atoms with E-state index in [4.69, 9.17) is 16.4 Å². The van der Waals surface area contributed by atoms with Crippen LogP contribution >= 0.6 is 11.6 Å². The normalized spacial score (nSPS) is 10.5. The number of nitrogens with one attached hydrogen (secondary N) is 1. The van der Waals surface area contributed by atoms with Gasteiger partial charge in [0, 0.05) is 16.9 Å². The van der Waals surface area contributed by atoms with Gasteiger partial charge in [-0.15, -0.1) is 0 Å². The average molecular weight is 383 g/mol. The Morgan fingerprint density at radius 3 is 2.70 bits per heavy atom. The number of carbonyl (C=O) groups is 1. The third-order valence-electron chi connectivity index (χ3n) is 4.06. The monoisotopic (exact) mass is 382 g/mol. The molecule has 0 radical (unpaired) electrons. The zero-order valence-corrected chi connectivity index (χ0v) is 15.8. The van der Waals surface area contributed by atoms with Gasteiger partial charge in [0.1, 0.15) is 12.2 Å². The molecule has 0 aliphatic rings. The molecule has 0 bridgehead atoms. The maximum atomic E-state index is 12.6. The van der Waals surface area contributed by atoms with Gasteiger partial charge in [-0.25, -0.2) is 0 Å². The molecule has 0 spiro atoms. The van der Waals surface area contributed by atoms with Gasteiger partial charge in [0.25, 0.3) is 11.5 Å². The molecule has 0 unspecified atom stereocenters. The SMILES string of the molecule is Cc1ccc(C)c(NC(=O)c2cccn(OCc3cccc(Cl)c3)c2=O)c1. The van der Waals surface area contributed by atoms with Gasteiger partial charge in [-0.2, -0.15) is 4.73 Å². The first kappa shape index (κ1) is 18.7. The molecule has 0 aliphatic carbocycles. The number of pyridine rings is 1. The second-order valence-electron chi connectivity index (χ2n) is 6.23. The molecule has 1 aromatic heterocycles. The average Bonchev–Trinajstić information content (AvgIpc) is 2.64. The summed E-state index contributed by atoms with van der Waals surface area (Å²) in [6, 6.07) is 16.0. The lowest BCUT2D eigenvalue weighted by Crippen LogP contribution is -2.32. The van der Waals surface area contributed by atoms with Gasteiger partial charge < -0.3 is 10.2 Å². The molecule has 3 aromatic rings. The first-order valence-electron chi connectivity index (χ1n) is 8.42. The van der Waals surface area contributed by atoms with Crippen LogP contribution in [0.25, 0.3) is 0 Å². The van der Waals surface area contributed by atoms with E-state index in [-0.39, 0.29) is 12.2 Å². The second-order valence-corrected chi connectivity index (χ2v) is 6.67. The standard InChI is InChI=1S/C21H19ClN2O3/c1-14-8-9-15(2)19(11-14)23-20(25)18-7-4-10-24(21(18)26)27-13-16-5-3-6-17(22)12-16/h3-12H,13H2,1-2H3,(H,23,25). The van der Waals surface area contributed by atoms with Crippen molar-refractivity contribution in [2.24, 2.45) is 0 Å². The number of hydrogen-bond acceptors (Lipinski definition) is 3. The van der Waals surface area contributed by atoms with E-state index in [2.05, 4.69) is 5.32 Å². The first-order valence-corrected chi connectivity index (χ1v) is 8.80. The number of hydrogen-bond donors (Lipinski definition) is 1. The van der Waals surface area contributed by atoms with Crippen molar-refractivity contribution in [2.75, 3.05) is 5.32 Å². The Kier molecular flexibility index (Phi) is 5.62. The zero-order valence-electron chi connectivity index (χ0n) is 15.0. The van der Waals surface area contributed by atoms with E-state index in [0.29, 0.717) is 10.7 Å². The smallest absolute Gasteiger partial charge is 0.295 e. The summed E-state index contributed by atoms with van der Waals surface area (Å²) in [6.07, 6.45) is 1.47. The van der Waals surface area contributed by atoms with Gasteiger partial charge in [0.15, 0.2) is 0 Å². The molecule has 138 valence electrons. The van der Waals surface area contributed by atoms with Gasteiger partial charge in [-0.1, -0.05) is 35.9 Å². The molecule has 0 fully saturated rings. The van der Waals surface area contributed by atoms with Crippen molar-refractivity contribution in [3.63, 3.8) is 0 Å². The minimum absolute atomic E-state index is 0.00417. The number of nitrogens with zero attached hydrogens (tertiary/aromatic N) is 1. The highest BCUT2D eigenvalue weighted by molar-refractivity contribution is 6.30. The molecule has 27 heavy (non-hydrogen) atoms. The molecule has 1 amide bonds. The van der Waals surface area contributed by atoms with Crippen LogP contribution in [-0.2, 0) is 6.61 Å². The molecule has 3 rings (SSSR count). The molecular weight excluding hydrogens is 364 g/mol. The van der Waals surface area contributed by atoms with Crippen LogP contribution < -0.4 is 15.7 Å².